The number of carbonyl (C=O) groups excluding carboxylic acids is 1. The number of benzene rings is 2. The molecule has 2 atom stereocenters. The van der Waals surface area contributed by atoms with Crippen LogP contribution in [0, 0.1) is 25.0 Å². The minimum Gasteiger partial charge on any atom is -0.346 e. The van der Waals surface area contributed by atoms with E-state index >= 15 is 0 Å². The van der Waals surface area contributed by atoms with Crippen LogP contribution in [0.1, 0.15) is 77.7 Å². The molecule has 3 aromatic rings. The third kappa shape index (κ3) is 7.14. The molecular weight excluding hydrogens is 534 g/mol. The third-order valence-corrected chi connectivity index (χ3v) is 9.60. The maximum atomic E-state index is 14.3. The molecule has 4 rings (SSSR count). The Bertz CT molecular complexity index is 1420. The molecule has 1 amide bonds. The molecule has 1 aromatic heterocycles. The summed E-state index contributed by atoms with van der Waals surface area (Å²) in [6, 6.07) is 11.6. The van der Waals surface area contributed by atoms with Gasteiger partial charge in [-0.25, -0.2) is 17.2 Å². The van der Waals surface area contributed by atoms with Gasteiger partial charge in [-0.15, -0.1) is 0 Å². The van der Waals surface area contributed by atoms with Gasteiger partial charge in [-0.3, -0.25) is 9.89 Å². The average molecular weight is 572 g/mol. The van der Waals surface area contributed by atoms with E-state index in [9.17, 15) is 22.0 Å². The minimum atomic E-state index is -3.94. The minimum absolute atomic E-state index is 0.0484. The summed E-state index contributed by atoms with van der Waals surface area (Å²) in [5.74, 6) is -2.51. The van der Waals surface area contributed by atoms with Crippen molar-refractivity contribution in [3.63, 3.8) is 0 Å². The highest BCUT2D eigenvalue weighted by atomic mass is 32.2. The number of unbranched alkanes of at least 4 members (excludes halogenated alkanes) is 1. The summed E-state index contributed by atoms with van der Waals surface area (Å²) in [5.41, 5.74) is 2.86. The van der Waals surface area contributed by atoms with Gasteiger partial charge in [0.15, 0.2) is 9.84 Å². The second-order valence-corrected chi connectivity index (χ2v) is 12.8. The quantitative estimate of drug-likeness (QED) is 0.250. The lowest BCUT2D eigenvalue weighted by atomic mass is 9.99. The van der Waals surface area contributed by atoms with E-state index in [2.05, 4.69) is 46.0 Å². The fourth-order valence-corrected chi connectivity index (χ4v) is 7.16. The van der Waals surface area contributed by atoms with Gasteiger partial charge in [-0.1, -0.05) is 44.5 Å². The van der Waals surface area contributed by atoms with Crippen LogP contribution in [0.2, 0.25) is 0 Å². The first-order valence-electron chi connectivity index (χ1n) is 13.7. The Morgan fingerprint density at radius 1 is 1.12 bits per heavy atom. The molecule has 1 fully saturated rings. The zero-order valence-electron chi connectivity index (χ0n) is 23.1. The number of nitrogens with zero attached hydrogens (tertiary/aromatic N) is 1. The smallest absolute Gasteiger partial charge is 0.269 e. The summed E-state index contributed by atoms with van der Waals surface area (Å²) in [5, 5.41) is 11.6. The molecule has 2 aromatic carbocycles. The summed E-state index contributed by atoms with van der Waals surface area (Å²) < 4.78 is 56.0. The predicted molar refractivity (Wildman–Crippen MR) is 151 cm³/mol. The molecule has 215 valence electrons. The molecule has 3 N–H and O–H groups in total. The Labute approximate surface area is 235 Å². The van der Waals surface area contributed by atoms with Gasteiger partial charge in [0.1, 0.15) is 22.6 Å². The summed E-state index contributed by atoms with van der Waals surface area (Å²) in [6.45, 7) is 5.95. The van der Waals surface area contributed by atoms with Gasteiger partial charge in [0, 0.05) is 18.2 Å². The van der Waals surface area contributed by atoms with E-state index in [-0.39, 0.29) is 29.1 Å². The Morgan fingerprint density at radius 3 is 2.45 bits per heavy atom. The molecule has 1 saturated carbocycles. The molecule has 7 nitrogen and oxygen atoms in total. The number of sulfone groups is 1. The number of aromatic nitrogens is 2. The van der Waals surface area contributed by atoms with E-state index in [0.29, 0.717) is 24.6 Å². The van der Waals surface area contributed by atoms with Crippen LogP contribution in [0.15, 0.2) is 48.5 Å². The summed E-state index contributed by atoms with van der Waals surface area (Å²) in [6.07, 6.45) is 5.45. The molecule has 0 saturated heterocycles. The molecule has 1 aliphatic carbocycles. The number of hydrogen-bond acceptors (Lipinski definition) is 5. The first-order chi connectivity index (χ1) is 19.1. The van der Waals surface area contributed by atoms with Gasteiger partial charge in [-0.05, 0) is 73.9 Å². The van der Waals surface area contributed by atoms with Gasteiger partial charge in [0.25, 0.3) is 5.91 Å². The Hall–Kier alpha value is -3.11. The summed E-state index contributed by atoms with van der Waals surface area (Å²) >= 11 is 0. The number of halogens is 2. The number of rotatable bonds is 14. The van der Waals surface area contributed by atoms with E-state index in [0.717, 1.165) is 37.0 Å². The van der Waals surface area contributed by atoms with Gasteiger partial charge < -0.3 is 10.6 Å². The molecular formula is C30H37F2N4O3S. The monoisotopic (exact) mass is 571 g/mol. The Morgan fingerprint density at radius 2 is 1.85 bits per heavy atom. The molecule has 0 aliphatic heterocycles. The zero-order chi connectivity index (χ0) is 28.9. The van der Waals surface area contributed by atoms with Crippen LogP contribution in [0.4, 0.5) is 8.78 Å². The van der Waals surface area contributed by atoms with E-state index < -0.39 is 38.7 Å². The first-order valence-corrected chi connectivity index (χ1v) is 15.5. The second kappa shape index (κ2) is 12.6. The average Bonchev–Trinajstić information content (AvgIpc) is 3.57. The van der Waals surface area contributed by atoms with Crippen molar-refractivity contribution < 1.29 is 22.0 Å². The highest BCUT2D eigenvalue weighted by molar-refractivity contribution is 7.91. The number of nitrogens with one attached hydrogen (secondary N) is 3. The van der Waals surface area contributed by atoms with Gasteiger partial charge in [0.2, 0.25) is 0 Å². The maximum absolute atomic E-state index is 14.3. The van der Waals surface area contributed by atoms with Crippen molar-refractivity contribution in [3.05, 3.63) is 94.7 Å². The molecule has 1 radical (unpaired) electrons. The van der Waals surface area contributed by atoms with Crippen LogP contribution < -0.4 is 10.6 Å². The fraction of sp³-hybridized carbons (Fsp3) is 0.433. The molecule has 1 unspecified atom stereocenters. The number of H-pyrrole nitrogens is 1. The Balaban J connectivity index is 1.65. The van der Waals surface area contributed by atoms with Crippen LogP contribution in [0.5, 0.6) is 0 Å². The van der Waals surface area contributed by atoms with Gasteiger partial charge in [0.05, 0.1) is 17.5 Å². The summed E-state index contributed by atoms with van der Waals surface area (Å²) in [4.78, 5) is 13.2. The zero-order valence-corrected chi connectivity index (χ0v) is 24.0. The lowest BCUT2D eigenvalue weighted by Crippen LogP contribution is -2.45. The van der Waals surface area contributed by atoms with E-state index in [1.165, 1.54) is 5.56 Å². The topological polar surface area (TPSA) is 104 Å². The molecule has 1 aliphatic rings. The van der Waals surface area contributed by atoms with Crippen LogP contribution in [-0.4, -0.2) is 42.9 Å². The van der Waals surface area contributed by atoms with Gasteiger partial charge in [-0.2, -0.15) is 5.10 Å². The van der Waals surface area contributed by atoms with Crippen molar-refractivity contribution in [2.75, 3.05) is 12.3 Å². The van der Waals surface area contributed by atoms with Crippen molar-refractivity contribution in [1.29, 1.82) is 0 Å². The third-order valence-electron chi connectivity index (χ3n) is 7.41. The predicted octanol–water partition coefficient (Wildman–Crippen LogP) is 5.10. The normalized spacial score (nSPS) is 15.9. The number of carbonyl (C=O) groups is 1. The van der Waals surface area contributed by atoms with E-state index in [1.54, 1.807) is 19.4 Å². The number of aryl methyl sites for hydroxylation is 2. The lowest BCUT2D eigenvalue weighted by molar-refractivity contribution is 0.0935. The van der Waals surface area contributed by atoms with Crippen LogP contribution in [0.25, 0.3) is 0 Å². The van der Waals surface area contributed by atoms with Crippen molar-refractivity contribution >= 4 is 15.7 Å². The SMILES string of the molecule is CCCCS(=O)(=O)C(c1cc(F)cc(F)c1)[C@H]([CH]CNC1(c2cccc(CC)c2)CC1)NC(=O)c1cc(C)n[nH]1. The lowest BCUT2D eigenvalue weighted by Gasteiger charge is -2.29. The van der Waals surface area contributed by atoms with Crippen LogP contribution in [0.3, 0.4) is 0 Å². The van der Waals surface area contributed by atoms with Crippen molar-refractivity contribution in [2.45, 2.75) is 69.7 Å². The van der Waals surface area contributed by atoms with E-state index in [4.69, 9.17) is 0 Å². The number of amides is 1. The molecule has 10 heteroatoms. The van der Waals surface area contributed by atoms with Crippen LogP contribution in [-0.2, 0) is 21.8 Å². The van der Waals surface area contributed by atoms with Crippen molar-refractivity contribution in [1.82, 2.24) is 20.8 Å². The highest BCUT2D eigenvalue weighted by Gasteiger charge is 2.44. The van der Waals surface area contributed by atoms with E-state index in [1.807, 2.05) is 13.0 Å². The molecule has 0 bridgehead atoms. The fourth-order valence-electron chi connectivity index (χ4n) is 5.04. The van der Waals surface area contributed by atoms with Gasteiger partial charge >= 0.3 is 0 Å². The summed E-state index contributed by atoms with van der Waals surface area (Å²) in [7, 11) is -3.94. The molecule has 0 spiro atoms. The second-order valence-electron chi connectivity index (χ2n) is 10.5. The molecule has 1 heterocycles. The van der Waals surface area contributed by atoms with Crippen molar-refractivity contribution in [3.8, 4) is 0 Å². The molecule has 40 heavy (non-hydrogen) atoms. The largest absolute Gasteiger partial charge is 0.346 e. The first kappa shape index (κ1) is 29.9. The number of aromatic amines is 1. The number of hydrogen-bond donors (Lipinski definition) is 3. The maximum Gasteiger partial charge on any atom is 0.269 e. The van der Waals surface area contributed by atoms with Crippen molar-refractivity contribution in [2.24, 2.45) is 0 Å². The Kier molecular flexibility index (Phi) is 9.41. The standard InChI is InChI=1S/C30H37F2N4O3S/c1-4-6-14-40(38,39)28(22-17-24(31)19-25(32)18-22)26(34-29(37)27-15-20(3)35-36-27)10-13-33-30(11-12-30)23-9-7-8-21(5-2)16-23/h7-10,15-19,26,28,33H,4-6,11-14H2,1-3H3,(H,34,37)(H,35,36)/t26-,28?/m0/s1. The van der Waals surface area contributed by atoms with Crippen LogP contribution >= 0.6 is 0 Å². The highest BCUT2D eigenvalue weighted by Crippen LogP contribution is 2.45.